The van der Waals surface area contributed by atoms with E-state index in [2.05, 4.69) is 20.1 Å². The van der Waals surface area contributed by atoms with Gasteiger partial charge in [0.2, 0.25) is 11.8 Å². The van der Waals surface area contributed by atoms with E-state index in [1.165, 1.54) is 23.2 Å². The average molecular weight is 841 g/mol. The van der Waals surface area contributed by atoms with Crippen molar-refractivity contribution in [1.29, 1.82) is 5.26 Å². The van der Waals surface area contributed by atoms with Crippen molar-refractivity contribution in [2.24, 2.45) is 5.92 Å². The van der Waals surface area contributed by atoms with Gasteiger partial charge in [-0.2, -0.15) is 5.26 Å². The van der Waals surface area contributed by atoms with Crippen LogP contribution in [0, 0.1) is 23.1 Å². The van der Waals surface area contributed by atoms with Crippen molar-refractivity contribution in [2.45, 2.75) is 81.0 Å². The third-order valence-electron chi connectivity index (χ3n) is 12.9. The molecule has 0 radical (unpaired) electrons. The molecule has 17 heteroatoms. The number of ether oxygens (including phenoxy) is 1. The third kappa shape index (κ3) is 6.86. The fourth-order valence-corrected chi connectivity index (χ4v) is 10.3. The van der Waals surface area contributed by atoms with Crippen LogP contribution < -0.4 is 24.8 Å². The van der Waals surface area contributed by atoms with Crippen molar-refractivity contribution in [3.05, 3.63) is 76.3 Å². The number of pyridine rings is 1. The van der Waals surface area contributed by atoms with Gasteiger partial charge in [0.25, 0.3) is 17.7 Å². The van der Waals surface area contributed by atoms with Gasteiger partial charge in [-0.15, -0.1) is 12.6 Å². The number of carbonyl (C=O) groups is 5. The van der Waals surface area contributed by atoms with Crippen LogP contribution in [0.15, 0.2) is 48.7 Å². The second kappa shape index (κ2) is 15.4. The Bertz CT molecular complexity index is 2310. The lowest BCUT2D eigenvalue weighted by atomic mass is 9.75. The largest absolute Gasteiger partial charge is 0.487 e. The van der Waals surface area contributed by atoms with Crippen molar-refractivity contribution < 1.29 is 33.1 Å². The van der Waals surface area contributed by atoms with Crippen LogP contribution in [0.3, 0.4) is 0 Å². The normalized spacial score (nSPS) is 23.8. The number of halogens is 2. The SMILES string of the molecule is N#Cc1ncc(N2C(=O)C3(CCC3)N(c3ccc(OC4CCN(CC5CCN(c6ccc7c(c6)C(=O)N(C6CCC(=O)NC6=O)C7=O)CC5)CC4)c(F)c3)C2S)cc1Cl. The van der Waals surface area contributed by atoms with E-state index in [4.69, 9.17) is 29.0 Å². The number of nitriles is 1. The molecule has 6 aliphatic rings. The molecule has 306 valence electrons. The van der Waals surface area contributed by atoms with Crippen molar-refractivity contribution >= 4 is 70.8 Å². The third-order valence-corrected chi connectivity index (χ3v) is 13.6. The lowest BCUT2D eigenvalue weighted by molar-refractivity contribution is -0.136. The van der Waals surface area contributed by atoms with Gasteiger partial charge >= 0.3 is 0 Å². The standard InChI is InChI=1S/C42H42ClFN8O6S/c43-31-19-27(22-46-33(31)21-45)50-40(57)42(12-1-13-42)52(41(50)59)26-3-6-35(32(44)20-26)58-28-10-14-48(15-11-28)23-24-8-16-49(17-9-24)25-2-4-29-30(18-25)39(56)51(38(29)55)34-5-7-36(53)47-37(34)54/h2-4,6,18-20,22,24,28,34,41,59H,1,5,7-17,23H2,(H,47,53,54). The Balaban J connectivity index is 0.769. The van der Waals surface area contributed by atoms with Crippen LogP contribution in [0.4, 0.5) is 21.5 Å². The zero-order valence-electron chi connectivity index (χ0n) is 32.1. The molecule has 3 aromatic rings. The number of anilines is 3. The minimum absolute atomic E-state index is 0.0624. The summed E-state index contributed by atoms with van der Waals surface area (Å²) in [5.41, 5.74) is 0.820. The van der Waals surface area contributed by atoms with Gasteiger partial charge in [0.15, 0.2) is 22.8 Å². The summed E-state index contributed by atoms with van der Waals surface area (Å²) in [4.78, 5) is 77.5. The first-order valence-corrected chi connectivity index (χ1v) is 21.0. The van der Waals surface area contributed by atoms with Crippen LogP contribution in [-0.4, -0.2) is 100 Å². The molecule has 1 aromatic heterocycles. The Labute approximate surface area is 350 Å². The molecule has 6 heterocycles. The molecule has 14 nitrogen and oxygen atoms in total. The van der Waals surface area contributed by atoms with E-state index in [0.29, 0.717) is 30.1 Å². The van der Waals surface area contributed by atoms with Crippen LogP contribution >= 0.6 is 24.2 Å². The molecule has 1 spiro atoms. The lowest BCUT2D eigenvalue weighted by Crippen LogP contribution is -2.55. The average Bonchev–Trinajstić information content (AvgIpc) is 3.60. The molecule has 5 amide bonds. The zero-order valence-corrected chi connectivity index (χ0v) is 33.8. The number of fused-ring (bicyclic) bond motifs is 1. The number of thiol groups is 1. The van der Waals surface area contributed by atoms with Gasteiger partial charge < -0.3 is 19.4 Å². The van der Waals surface area contributed by atoms with E-state index >= 15 is 4.39 Å². The number of nitrogens with zero attached hydrogens (tertiary/aromatic N) is 7. The van der Waals surface area contributed by atoms with Gasteiger partial charge in [0, 0.05) is 56.6 Å². The van der Waals surface area contributed by atoms with E-state index in [-0.39, 0.29) is 52.4 Å². The first-order valence-electron chi connectivity index (χ1n) is 20.1. The molecule has 1 N–H and O–H groups in total. The van der Waals surface area contributed by atoms with Crippen LogP contribution in [0.2, 0.25) is 5.02 Å². The Hall–Kier alpha value is -5.24. The molecule has 59 heavy (non-hydrogen) atoms. The molecule has 5 fully saturated rings. The van der Waals surface area contributed by atoms with Crippen LogP contribution in [-0.2, 0) is 14.4 Å². The zero-order chi connectivity index (χ0) is 41.2. The topological polar surface area (TPSA) is 159 Å². The van der Waals surface area contributed by atoms with Crippen molar-refractivity contribution in [3.8, 4) is 11.8 Å². The Morgan fingerprint density at radius 2 is 1.63 bits per heavy atom. The van der Waals surface area contributed by atoms with Gasteiger partial charge in [-0.1, -0.05) is 11.6 Å². The predicted octanol–water partition coefficient (Wildman–Crippen LogP) is 4.90. The molecule has 5 aliphatic heterocycles. The molecule has 2 atom stereocenters. The van der Waals surface area contributed by atoms with E-state index in [1.54, 1.807) is 24.3 Å². The number of aromatic nitrogens is 1. The highest BCUT2D eigenvalue weighted by Crippen LogP contribution is 2.50. The van der Waals surface area contributed by atoms with E-state index < -0.39 is 46.5 Å². The van der Waals surface area contributed by atoms with Gasteiger partial charge in [-0.25, -0.2) is 9.37 Å². The summed E-state index contributed by atoms with van der Waals surface area (Å²) in [6, 6.07) is 12.6. The summed E-state index contributed by atoms with van der Waals surface area (Å²) >= 11 is 11.1. The van der Waals surface area contributed by atoms with Crippen LogP contribution in [0.1, 0.15) is 84.2 Å². The summed E-state index contributed by atoms with van der Waals surface area (Å²) in [6.07, 6.45) is 6.99. The summed E-state index contributed by atoms with van der Waals surface area (Å²) in [5, 5.41) is 11.6. The maximum atomic E-state index is 15.8. The molecule has 9 rings (SSSR count). The summed E-state index contributed by atoms with van der Waals surface area (Å²) < 4.78 is 22.0. The number of nitrogens with one attached hydrogen (secondary N) is 1. The molecule has 2 unspecified atom stereocenters. The number of imide groups is 2. The van der Waals surface area contributed by atoms with Gasteiger partial charge in [-0.3, -0.25) is 39.1 Å². The van der Waals surface area contributed by atoms with Crippen LogP contribution in [0.25, 0.3) is 0 Å². The molecule has 1 saturated carbocycles. The van der Waals surface area contributed by atoms with Crippen molar-refractivity contribution in [2.75, 3.05) is 47.4 Å². The van der Waals surface area contributed by atoms with Gasteiger partial charge in [0.1, 0.15) is 23.8 Å². The van der Waals surface area contributed by atoms with Gasteiger partial charge in [-0.05, 0) is 93.7 Å². The number of hydrogen-bond acceptors (Lipinski definition) is 12. The van der Waals surface area contributed by atoms with Crippen molar-refractivity contribution in [3.63, 3.8) is 0 Å². The van der Waals surface area contributed by atoms with E-state index in [9.17, 15) is 29.2 Å². The van der Waals surface area contributed by atoms with E-state index in [1.807, 2.05) is 17.0 Å². The maximum absolute atomic E-state index is 15.8. The molecular weight excluding hydrogens is 799 g/mol. The Morgan fingerprint density at radius 3 is 2.29 bits per heavy atom. The summed E-state index contributed by atoms with van der Waals surface area (Å²) in [5.74, 6) is -2.06. The molecule has 1 aliphatic carbocycles. The van der Waals surface area contributed by atoms with Gasteiger partial charge in [0.05, 0.1) is 28.0 Å². The molecular formula is C42H42ClFN8O6S. The number of carbonyl (C=O) groups excluding carboxylic acids is 5. The quantitative estimate of drug-likeness (QED) is 0.235. The van der Waals surface area contributed by atoms with Crippen LogP contribution in [0.5, 0.6) is 5.75 Å². The number of hydrogen-bond donors (Lipinski definition) is 2. The molecule has 4 saturated heterocycles. The fourth-order valence-electron chi connectivity index (χ4n) is 9.53. The molecule has 2 aromatic carbocycles. The monoisotopic (exact) mass is 840 g/mol. The summed E-state index contributed by atoms with van der Waals surface area (Å²) in [6.45, 7) is 4.22. The second-order valence-corrected chi connectivity index (χ2v) is 17.1. The predicted molar refractivity (Wildman–Crippen MR) is 218 cm³/mol. The highest BCUT2D eigenvalue weighted by Gasteiger charge is 2.60. The number of benzene rings is 2. The maximum Gasteiger partial charge on any atom is 0.262 e. The minimum Gasteiger partial charge on any atom is -0.487 e. The highest BCUT2D eigenvalue weighted by atomic mass is 35.5. The minimum atomic E-state index is -0.992. The first kappa shape index (κ1) is 39.2. The fraction of sp³-hybridized carbons (Fsp3) is 0.452. The number of rotatable bonds is 8. The molecule has 0 bridgehead atoms. The number of amides is 5. The number of likely N-dealkylation sites (tertiary alicyclic amines) is 1. The Kier molecular flexibility index (Phi) is 10.3. The van der Waals surface area contributed by atoms with E-state index in [0.717, 1.165) is 75.4 Å². The Morgan fingerprint density at radius 1 is 0.898 bits per heavy atom. The second-order valence-electron chi connectivity index (χ2n) is 16.3. The highest BCUT2D eigenvalue weighted by molar-refractivity contribution is 7.81. The first-order chi connectivity index (χ1) is 28.4. The van der Waals surface area contributed by atoms with Crippen molar-refractivity contribution in [1.82, 2.24) is 20.1 Å². The summed E-state index contributed by atoms with van der Waals surface area (Å²) in [7, 11) is 0. The number of piperidine rings is 3. The smallest absolute Gasteiger partial charge is 0.262 e. The lowest BCUT2D eigenvalue weighted by Gasteiger charge is -2.44.